The number of hydrogen-bond acceptors (Lipinski definition) is 5. The molecule has 3 heterocycles. The number of fused-ring (bicyclic) bond motifs is 2. The van der Waals surface area contributed by atoms with Crippen molar-refractivity contribution in [2.75, 3.05) is 6.61 Å². The molecule has 3 rings (SSSR count). The minimum atomic E-state index is -0.283. The van der Waals surface area contributed by atoms with Crippen molar-refractivity contribution in [2.45, 2.75) is 82.6 Å². The molecule has 0 aromatic rings. The molecule has 0 amide bonds. The van der Waals surface area contributed by atoms with E-state index in [0.717, 1.165) is 51.6 Å². The van der Waals surface area contributed by atoms with Gasteiger partial charge in [-0.15, -0.1) is 0 Å². The zero-order valence-corrected chi connectivity index (χ0v) is 12.1. The maximum absolute atomic E-state index is 11.3. The summed E-state index contributed by atoms with van der Waals surface area (Å²) < 4.78 is 23.2. The highest BCUT2D eigenvalue weighted by Crippen LogP contribution is 2.35. The molecule has 114 valence electrons. The lowest BCUT2D eigenvalue weighted by Crippen LogP contribution is -2.54. The Morgan fingerprint density at radius 1 is 1.15 bits per heavy atom. The molecule has 3 aliphatic heterocycles. The van der Waals surface area contributed by atoms with Crippen LogP contribution in [0.3, 0.4) is 0 Å². The molecule has 0 N–H and O–H groups in total. The number of esters is 1. The van der Waals surface area contributed by atoms with Gasteiger partial charge in [0.15, 0.2) is 12.4 Å². The molecule has 5 unspecified atom stereocenters. The lowest BCUT2D eigenvalue weighted by molar-refractivity contribution is -0.261. The van der Waals surface area contributed by atoms with E-state index in [1.165, 1.54) is 6.92 Å². The molecule has 5 atom stereocenters. The highest BCUT2D eigenvalue weighted by molar-refractivity contribution is 5.66. The third-order valence-electron chi connectivity index (χ3n) is 4.38. The molecule has 3 saturated heterocycles. The summed E-state index contributed by atoms with van der Waals surface area (Å²) in [7, 11) is 0. The fourth-order valence-corrected chi connectivity index (χ4v) is 3.47. The summed E-state index contributed by atoms with van der Waals surface area (Å²) in [6.45, 7) is 2.21. The van der Waals surface area contributed by atoms with Gasteiger partial charge in [-0.1, -0.05) is 0 Å². The first-order chi connectivity index (χ1) is 9.72. The summed E-state index contributed by atoms with van der Waals surface area (Å²) in [5.74, 6) is -0.263. The first-order valence-electron chi connectivity index (χ1n) is 7.82. The Balaban J connectivity index is 1.66. The number of carbonyl (C=O) groups is 1. The summed E-state index contributed by atoms with van der Waals surface area (Å²) in [6, 6.07) is 0. The van der Waals surface area contributed by atoms with Crippen molar-refractivity contribution >= 4 is 5.97 Å². The number of carbonyl (C=O) groups excluding carboxylic acids is 1. The van der Waals surface area contributed by atoms with Crippen molar-refractivity contribution in [1.82, 2.24) is 0 Å². The average molecular weight is 284 g/mol. The van der Waals surface area contributed by atoms with E-state index in [1.54, 1.807) is 0 Å². The number of ether oxygens (including phenoxy) is 4. The van der Waals surface area contributed by atoms with Gasteiger partial charge in [0, 0.05) is 20.0 Å². The molecule has 2 bridgehead atoms. The lowest BCUT2D eigenvalue weighted by Gasteiger charge is -2.45. The van der Waals surface area contributed by atoms with Gasteiger partial charge in [0.05, 0.1) is 12.2 Å². The van der Waals surface area contributed by atoms with Crippen LogP contribution in [0.15, 0.2) is 0 Å². The molecule has 3 fully saturated rings. The quantitative estimate of drug-likeness (QED) is 0.743. The molecule has 0 radical (unpaired) electrons. The van der Waals surface area contributed by atoms with E-state index in [4.69, 9.17) is 18.9 Å². The fourth-order valence-electron chi connectivity index (χ4n) is 3.47. The smallest absolute Gasteiger partial charge is 0.303 e. The van der Waals surface area contributed by atoms with Gasteiger partial charge in [0.1, 0.15) is 6.10 Å². The Morgan fingerprint density at radius 2 is 2.05 bits per heavy atom. The van der Waals surface area contributed by atoms with Crippen LogP contribution in [-0.2, 0) is 23.7 Å². The molecule has 0 aliphatic carbocycles. The third-order valence-corrected chi connectivity index (χ3v) is 4.38. The number of rotatable bonds is 3. The van der Waals surface area contributed by atoms with Crippen molar-refractivity contribution < 1.29 is 23.7 Å². The van der Waals surface area contributed by atoms with Gasteiger partial charge >= 0.3 is 5.97 Å². The van der Waals surface area contributed by atoms with E-state index in [-0.39, 0.29) is 36.7 Å². The Hall–Kier alpha value is -0.650. The van der Waals surface area contributed by atoms with Gasteiger partial charge in [-0.05, 0) is 38.5 Å². The molecule has 3 aliphatic rings. The third kappa shape index (κ3) is 3.32. The SMILES string of the molecule is CC(=O)OC1C2CCCC(CC1OC1CCCCO1)O2. The van der Waals surface area contributed by atoms with E-state index in [9.17, 15) is 4.79 Å². The summed E-state index contributed by atoms with van der Waals surface area (Å²) in [5.41, 5.74) is 0. The van der Waals surface area contributed by atoms with E-state index in [1.807, 2.05) is 0 Å². The fraction of sp³-hybridized carbons (Fsp3) is 0.933. The molecule has 5 nitrogen and oxygen atoms in total. The molecule has 0 spiro atoms. The van der Waals surface area contributed by atoms with Crippen molar-refractivity contribution in [3.8, 4) is 0 Å². The molecular weight excluding hydrogens is 260 g/mol. The Morgan fingerprint density at radius 3 is 2.80 bits per heavy atom. The molecule has 0 aromatic heterocycles. The van der Waals surface area contributed by atoms with Crippen LogP contribution in [0.1, 0.15) is 51.9 Å². The maximum atomic E-state index is 11.3. The van der Waals surface area contributed by atoms with Crippen molar-refractivity contribution in [3.05, 3.63) is 0 Å². The zero-order chi connectivity index (χ0) is 13.9. The Bertz CT molecular complexity index is 339. The average Bonchev–Trinajstić information content (AvgIpc) is 2.44. The largest absolute Gasteiger partial charge is 0.457 e. The van der Waals surface area contributed by atoms with Crippen LogP contribution in [0.2, 0.25) is 0 Å². The van der Waals surface area contributed by atoms with Gasteiger partial charge in [0.25, 0.3) is 0 Å². The van der Waals surface area contributed by atoms with Crippen molar-refractivity contribution in [2.24, 2.45) is 0 Å². The lowest BCUT2D eigenvalue weighted by atomic mass is 9.87. The van der Waals surface area contributed by atoms with Gasteiger partial charge < -0.3 is 18.9 Å². The van der Waals surface area contributed by atoms with Gasteiger partial charge in [0.2, 0.25) is 0 Å². The Labute approximate surface area is 119 Å². The van der Waals surface area contributed by atoms with Crippen LogP contribution in [-0.4, -0.2) is 43.3 Å². The van der Waals surface area contributed by atoms with E-state index in [2.05, 4.69) is 0 Å². The van der Waals surface area contributed by atoms with E-state index >= 15 is 0 Å². The molecule has 0 aromatic carbocycles. The highest BCUT2D eigenvalue weighted by Gasteiger charge is 2.44. The second kappa shape index (κ2) is 6.41. The van der Waals surface area contributed by atoms with Gasteiger partial charge in [-0.3, -0.25) is 4.79 Å². The topological polar surface area (TPSA) is 54.0 Å². The van der Waals surface area contributed by atoms with E-state index in [0.29, 0.717) is 0 Å². The predicted octanol–water partition coefficient (Wildman–Crippen LogP) is 2.17. The van der Waals surface area contributed by atoms with Crippen LogP contribution < -0.4 is 0 Å². The van der Waals surface area contributed by atoms with Crippen LogP contribution in [0.25, 0.3) is 0 Å². The van der Waals surface area contributed by atoms with E-state index < -0.39 is 0 Å². The Kier molecular flexibility index (Phi) is 4.58. The highest BCUT2D eigenvalue weighted by atomic mass is 16.7. The van der Waals surface area contributed by atoms with Gasteiger partial charge in [-0.2, -0.15) is 0 Å². The molecular formula is C15H24O5. The van der Waals surface area contributed by atoms with Crippen LogP contribution in [0.5, 0.6) is 0 Å². The van der Waals surface area contributed by atoms with Crippen molar-refractivity contribution in [3.63, 3.8) is 0 Å². The second-order valence-corrected chi connectivity index (χ2v) is 6.01. The minimum Gasteiger partial charge on any atom is -0.457 e. The first kappa shape index (κ1) is 14.3. The van der Waals surface area contributed by atoms with Gasteiger partial charge in [-0.25, -0.2) is 0 Å². The summed E-state index contributed by atoms with van der Waals surface area (Å²) >= 11 is 0. The summed E-state index contributed by atoms with van der Waals surface area (Å²) in [4.78, 5) is 11.3. The number of hydrogen-bond donors (Lipinski definition) is 0. The summed E-state index contributed by atoms with van der Waals surface area (Å²) in [5, 5.41) is 0. The normalized spacial score (nSPS) is 41.1. The van der Waals surface area contributed by atoms with Crippen LogP contribution in [0.4, 0.5) is 0 Å². The summed E-state index contributed by atoms with van der Waals surface area (Å²) in [6.07, 6.45) is 6.84. The monoisotopic (exact) mass is 284 g/mol. The molecule has 0 saturated carbocycles. The first-order valence-corrected chi connectivity index (χ1v) is 7.82. The predicted molar refractivity (Wildman–Crippen MR) is 71.1 cm³/mol. The minimum absolute atomic E-state index is 0.0139. The van der Waals surface area contributed by atoms with Crippen molar-refractivity contribution in [1.29, 1.82) is 0 Å². The second-order valence-electron chi connectivity index (χ2n) is 6.01. The zero-order valence-electron chi connectivity index (χ0n) is 12.1. The maximum Gasteiger partial charge on any atom is 0.303 e. The molecule has 5 heteroatoms. The standard InChI is InChI=1S/C15H24O5/c1-10(16)18-15-12-6-4-5-11(19-12)9-13(15)20-14-7-2-3-8-17-14/h11-15H,2-9H2,1H3. The molecule has 20 heavy (non-hydrogen) atoms. The van der Waals surface area contributed by atoms with Crippen LogP contribution >= 0.6 is 0 Å². The van der Waals surface area contributed by atoms with Crippen LogP contribution in [0, 0.1) is 0 Å².